The van der Waals surface area contributed by atoms with Crippen LogP contribution in [0.5, 0.6) is 5.75 Å². The number of ether oxygens (including phenoxy) is 1. The summed E-state index contributed by atoms with van der Waals surface area (Å²) in [6.45, 7) is 4.61. The van der Waals surface area contributed by atoms with Gasteiger partial charge in [-0.3, -0.25) is 9.69 Å². The number of hydrogen-bond donors (Lipinski definition) is 0. The molecule has 0 saturated carbocycles. The van der Waals surface area contributed by atoms with Crippen LogP contribution >= 0.6 is 23.2 Å². The first-order valence-electron chi connectivity index (χ1n) is 10.5. The van der Waals surface area contributed by atoms with Crippen molar-refractivity contribution in [3.63, 3.8) is 0 Å². The van der Waals surface area contributed by atoms with Gasteiger partial charge in [0.1, 0.15) is 5.75 Å². The molecule has 0 radical (unpaired) electrons. The summed E-state index contributed by atoms with van der Waals surface area (Å²) in [6.07, 6.45) is 0.636. The van der Waals surface area contributed by atoms with Crippen molar-refractivity contribution in [2.45, 2.75) is 19.4 Å². The molecular weight excluding hydrogens is 451 g/mol. The molecule has 0 N–H and O–H groups in total. The Balaban J connectivity index is 1.26. The van der Waals surface area contributed by atoms with Gasteiger partial charge in [-0.15, -0.1) is 0 Å². The zero-order valence-electron chi connectivity index (χ0n) is 17.7. The van der Waals surface area contributed by atoms with Crippen molar-refractivity contribution >= 4 is 29.1 Å². The second kappa shape index (κ2) is 10.3. The molecule has 4 rings (SSSR count). The number of carbonyl (C=O) groups excluding carboxylic acids is 1. The lowest BCUT2D eigenvalue weighted by molar-refractivity contribution is -0.135. The lowest BCUT2D eigenvalue weighted by atomic mass is 10.1. The summed E-state index contributed by atoms with van der Waals surface area (Å²) in [7, 11) is 0. The highest BCUT2D eigenvalue weighted by Gasteiger charge is 2.28. The molecule has 1 saturated heterocycles. The Labute approximate surface area is 196 Å². The van der Waals surface area contributed by atoms with E-state index >= 15 is 0 Å². The Morgan fingerprint density at radius 3 is 2.59 bits per heavy atom. The molecule has 2 aromatic carbocycles. The van der Waals surface area contributed by atoms with Crippen LogP contribution < -0.4 is 4.74 Å². The fourth-order valence-corrected chi connectivity index (χ4v) is 4.09. The number of amides is 1. The Hall–Kier alpha value is -2.61. The Bertz CT molecular complexity index is 1050. The molecule has 3 aromatic rings. The Morgan fingerprint density at radius 1 is 1.12 bits per heavy atom. The average Bonchev–Trinajstić information content (AvgIpc) is 3.27. The van der Waals surface area contributed by atoms with Gasteiger partial charge in [-0.1, -0.05) is 58.7 Å². The van der Waals surface area contributed by atoms with Gasteiger partial charge < -0.3 is 14.2 Å². The van der Waals surface area contributed by atoms with Crippen LogP contribution in [0.15, 0.2) is 53.1 Å². The van der Waals surface area contributed by atoms with Crippen molar-refractivity contribution in [2.24, 2.45) is 0 Å². The molecule has 32 heavy (non-hydrogen) atoms. The van der Waals surface area contributed by atoms with Crippen molar-refractivity contribution in [3.05, 3.63) is 75.9 Å². The molecular formula is C23H24Cl2N4O3. The number of nitrogens with zero attached hydrogens (tertiary/aromatic N) is 4. The highest BCUT2D eigenvalue weighted by molar-refractivity contribution is 6.35. The van der Waals surface area contributed by atoms with E-state index in [1.807, 2.05) is 37.3 Å². The minimum atomic E-state index is -0.0775. The van der Waals surface area contributed by atoms with Gasteiger partial charge in [-0.2, -0.15) is 4.98 Å². The van der Waals surface area contributed by atoms with E-state index in [9.17, 15) is 4.79 Å². The zero-order chi connectivity index (χ0) is 22.5. The minimum absolute atomic E-state index is 0.0200. The standard InChI is InChI=1S/C23H24Cl2N4O3/c1-16(23-26-21(27-32-23)13-17-5-3-2-4-6-17)28-9-11-29(12-10-28)22(30)15-31-20-8-7-18(24)14-19(20)25/h2-8,14,16H,9-13,15H2,1H3. The van der Waals surface area contributed by atoms with E-state index < -0.39 is 0 Å². The molecule has 168 valence electrons. The first-order chi connectivity index (χ1) is 15.5. The summed E-state index contributed by atoms with van der Waals surface area (Å²) in [4.78, 5) is 21.1. The molecule has 0 spiro atoms. The molecule has 1 amide bonds. The van der Waals surface area contributed by atoms with Crippen LogP contribution in [0.25, 0.3) is 0 Å². The van der Waals surface area contributed by atoms with E-state index in [2.05, 4.69) is 15.0 Å². The van der Waals surface area contributed by atoms with Gasteiger partial charge in [0.25, 0.3) is 5.91 Å². The van der Waals surface area contributed by atoms with Gasteiger partial charge in [-0.05, 0) is 30.7 Å². The van der Waals surface area contributed by atoms with Gasteiger partial charge in [-0.25, -0.2) is 0 Å². The molecule has 1 unspecified atom stereocenters. The van der Waals surface area contributed by atoms with Crippen LogP contribution in [0.2, 0.25) is 10.0 Å². The highest BCUT2D eigenvalue weighted by atomic mass is 35.5. The first kappa shape index (κ1) is 22.6. The third kappa shape index (κ3) is 5.59. The summed E-state index contributed by atoms with van der Waals surface area (Å²) in [5.74, 6) is 1.63. The van der Waals surface area contributed by atoms with E-state index in [1.165, 1.54) is 0 Å². The van der Waals surface area contributed by atoms with Crippen LogP contribution in [-0.2, 0) is 11.2 Å². The Morgan fingerprint density at radius 2 is 1.88 bits per heavy atom. The highest BCUT2D eigenvalue weighted by Crippen LogP contribution is 2.27. The number of aromatic nitrogens is 2. The molecule has 9 heteroatoms. The van der Waals surface area contributed by atoms with Crippen LogP contribution in [0.4, 0.5) is 0 Å². The zero-order valence-corrected chi connectivity index (χ0v) is 19.2. The maximum atomic E-state index is 12.5. The SMILES string of the molecule is CC(c1nc(Cc2ccccc2)no1)N1CCN(C(=O)COc2ccc(Cl)cc2Cl)CC1. The van der Waals surface area contributed by atoms with Gasteiger partial charge in [0.15, 0.2) is 12.4 Å². The summed E-state index contributed by atoms with van der Waals surface area (Å²) in [5.41, 5.74) is 1.14. The van der Waals surface area contributed by atoms with Crippen molar-refractivity contribution in [1.29, 1.82) is 0 Å². The summed E-state index contributed by atoms with van der Waals surface area (Å²) < 4.78 is 11.1. The van der Waals surface area contributed by atoms with Crippen molar-refractivity contribution in [3.8, 4) is 5.75 Å². The average molecular weight is 475 g/mol. The smallest absolute Gasteiger partial charge is 0.260 e. The summed E-state index contributed by atoms with van der Waals surface area (Å²) >= 11 is 12.0. The number of carbonyl (C=O) groups is 1. The lowest BCUT2D eigenvalue weighted by Gasteiger charge is -2.36. The van der Waals surface area contributed by atoms with Crippen molar-refractivity contribution in [2.75, 3.05) is 32.8 Å². The molecule has 2 heterocycles. The first-order valence-corrected chi connectivity index (χ1v) is 11.2. The molecule has 1 atom stereocenters. The predicted molar refractivity (Wildman–Crippen MR) is 122 cm³/mol. The van der Waals surface area contributed by atoms with Gasteiger partial charge in [0, 0.05) is 37.6 Å². The fraction of sp³-hybridized carbons (Fsp3) is 0.348. The van der Waals surface area contributed by atoms with Gasteiger partial charge >= 0.3 is 0 Å². The molecule has 7 nitrogen and oxygen atoms in total. The van der Waals surface area contributed by atoms with E-state index in [4.69, 9.17) is 32.5 Å². The molecule has 0 aliphatic carbocycles. The number of hydrogen-bond acceptors (Lipinski definition) is 6. The normalized spacial score (nSPS) is 15.5. The van der Waals surface area contributed by atoms with Crippen molar-refractivity contribution < 1.29 is 14.1 Å². The second-order valence-electron chi connectivity index (χ2n) is 7.67. The predicted octanol–water partition coefficient (Wildman–Crippen LogP) is 4.25. The number of piperazine rings is 1. The van der Waals surface area contributed by atoms with Crippen LogP contribution in [0, 0.1) is 0 Å². The van der Waals surface area contributed by atoms with Crippen LogP contribution in [0.3, 0.4) is 0 Å². The number of rotatable bonds is 7. The third-order valence-electron chi connectivity index (χ3n) is 5.51. The molecule has 1 aliphatic rings. The topological polar surface area (TPSA) is 71.7 Å². The second-order valence-corrected chi connectivity index (χ2v) is 8.51. The largest absolute Gasteiger partial charge is 0.482 e. The van der Waals surface area contributed by atoms with Gasteiger partial charge in [0.05, 0.1) is 11.1 Å². The van der Waals surface area contributed by atoms with E-state index in [0.717, 1.165) is 5.56 Å². The monoisotopic (exact) mass is 474 g/mol. The molecule has 0 bridgehead atoms. The number of halogens is 2. The fourth-order valence-electron chi connectivity index (χ4n) is 3.63. The van der Waals surface area contributed by atoms with Crippen molar-refractivity contribution in [1.82, 2.24) is 19.9 Å². The van der Waals surface area contributed by atoms with Gasteiger partial charge in [0.2, 0.25) is 5.89 Å². The Kier molecular flexibility index (Phi) is 7.29. The lowest BCUT2D eigenvalue weighted by Crippen LogP contribution is -2.50. The maximum absolute atomic E-state index is 12.5. The minimum Gasteiger partial charge on any atom is -0.482 e. The van der Waals surface area contributed by atoms with E-state index in [0.29, 0.717) is 60.1 Å². The number of benzene rings is 2. The van der Waals surface area contributed by atoms with E-state index in [1.54, 1.807) is 23.1 Å². The van der Waals surface area contributed by atoms with Crippen LogP contribution in [0.1, 0.15) is 30.2 Å². The maximum Gasteiger partial charge on any atom is 0.260 e. The molecule has 1 aromatic heterocycles. The molecule has 1 aliphatic heterocycles. The molecule has 1 fully saturated rings. The summed E-state index contributed by atoms with van der Waals surface area (Å²) in [6, 6.07) is 15.0. The third-order valence-corrected chi connectivity index (χ3v) is 6.04. The summed E-state index contributed by atoms with van der Waals surface area (Å²) in [5, 5.41) is 5.03. The van der Waals surface area contributed by atoms with Crippen LogP contribution in [-0.4, -0.2) is 58.6 Å². The quantitative estimate of drug-likeness (QED) is 0.509. The van der Waals surface area contributed by atoms with E-state index in [-0.39, 0.29) is 18.6 Å².